The van der Waals surface area contributed by atoms with Gasteiger partial charge in [0.2, 0.25) is 5.91 Å². The average molecular weight is 348 g/mol. The van der Waals surface area contributed by atoms with Gasteiger partial charge in [-0.05, 0) is 30.2 Å². The molecule has 2 aromatic heterocycles. The van der Waals surface area contributed by atoms with Gasteiger partial charge in [-0.3, -0.25) is 9.59 Å². The third-order valence-electron chi connectivity index (χ3n) is 4.70. The Kier molecular flexibility index (Phi) is 4.16. The summed E-state index contributed by atoms with van der Waals surface area (Å²) in [5, 5.41) is 2.86. The highest BCUT2D eigenvalue weighted by Gasteiger charge is 2.34. The van der Waals surface area contributed by atoms with Crippen molar-refractivity contribution < 1.29 is 9.59 Å². The number of carbonyl (C=O) groups is 2. The number of benzene rings is 1. The average Bonchev–Trinajstić information content (AvgIpc) is 3.07. The fraction of sp³-hybridized carbons (Fsp3) is 0.250. The number of nitrogens with zero attached hydrogens (tertiary/aromatic N) is 3. The van der Waals surface area contributed by atoms with Crippen molar-refractivity contribution >= 4 is 17.5 Å². The van der Waals surface area contributed by atoms with E-state index in [2.05, 4.69) is 10.3 Å². The van der Waals surface area contributed by atoms with Gasteiger partial charge in [0, 0.05) is 31.9 Å². The summed E-state index contributed by atoms with van der Waals surface area (Å²) in [6.45, 7) is 2.93. The van der Waals surface area contributed by atoms with Crippen LogP contribution in [0.4, 0.5) is 0 Å². The molecule has 1 fully saturated rings. The zero-order chi connectivity index (χ0) is 18.1. The quantitative estimate of drug-likeness (QED) is 0.785. The van der Waals surface area contributed by atoms with Gasteiger partial charge >= 0.3 is 0 Å². The van der Waals surface area contributed by atoms with Crippen LogP contribution in [-0.2, 0) is 11.2 Å². The Morgan fingerprint density at radius 2 is 2.08 bits per heavy atom. The van der Waals surface area contributed by atoms with E-state index < -0.39 is 6.04 Å². The number of carbonyl (C=O) groups excluding carboxylic acids is 2. The Morgan fingerprint density at radius 3 is 2.88 bits per heavy atom. The maximum absolute atomic E-state index is 13.1. The van der Waals surface area contributed by atoms with Crippen LogP contribution in [0.25, 0.3) is 5.65 Å². The molecule has 1 aromatic carbocycles. The molecule has 1 aliphatic rings. The van der Waals surface area contributed by atoms with Crippen molar-refractivity contribution in [1.82, 2.24) is 19.6 Å². The van der Waals surface area contributed by atoms with E-state index in [-0.39, 0.29) is 11.8 Å². The highest BCUT2D eigenvalue weighted by atomic mass is 16.2. The topological polar surface area (TPSA) is 66.7 Å². The first kappa shape index (κ1) is 16.3. The lowest BCUT2D eigenvalue weighted by Gasteiger charge is -2.34. The molecule has 6 nitrogen and oxygen atoms in total. The number of rotatable bonds is 3. The third-order valence-corrected chi connectivity index (χ3v) is 4.70. The van der Waals surface area contributed by atoms with E-state index >= 15 is 0 Å². The fourth-order valence-electron chi connectivity index (χ4n) is 3.33. The smallest absolute Gasteiger partial charge is 0.274 e. The van der Waals surface area contributed by atoms with Crippen molar-refractivity contribution in [3.05, 3.63) is 71.7 Å². The third kappa shape index (κ3) is 3.06. The van der Waals surface area contributed by atoms with Crippen LogP contribution in [0.15, 0.2) is 54.9 Å². The van der Waals surface area contributed by atoms with Gasteiger partial charge in [-0.2, -0.15) is 0 Å². The second-order valence-electron chi connectivity index (χ2n) is 6.59. The second kappa shape index (κ2) is 6.63. The second-order valence-corrected chi connectivity index (χ2v) is 6.59. The Bertz CT molecular complexity index is 964. The molecule has 132 valence electrons. The summed E-state index contributed by atoms with van der Waals surface area (Å²) < 4.78 is 1.83. The van der Waals surface area contributed by atoms with Gasteiger partial charge in [0.05, 0.1) is 0 Å². The Morgan fingerprint density at radius 1 is 1.27 bits per heavy atom. The van der Waals surface area contributed by atoms with E-state index in [0.29, 0.717) is 25.2 Å². The molecule has 1 saturated heterocycles. The number of piperazine rings is 1. The molecular formula is C20H20N4O2. The molecule has 0 unspecified atom stereocenters. The highest BCUT2D eigenvalue weighted by Crippen LogP contribution is 2.16. The Labute approximate surface area is 151 Å². The first-order chi connectivity index (χ1) is 12.6. The van der Waals surface area contributed by atoms with Gasteiger partial charge in [0.15, 0.2) is 0 Å². The van der Waals surface area contributed by atoms with Crippen LogP contribution in [-0.4, -0.2) is 45.2 Å². The number of fused-ring (bicyclic) bond motifs is 1. The first-order valence-electron chi connectivity index (χ1n) is 8.70. The molecule has 2 amide bonds. The van der Waals surface area contributed by atoms with Crippen molar-refractivity contribution in [2.24, 2.45) is 0 Å². The van der Waals surface area contributed by atoms with Gasteiger partial charge in [-0.25, -0.2) is 4.98 Å². The predicted molar refractivity (Wildman–Crippen MR) is 97.9 cm³/mol. The fourth-order valence-corrected chi connectivity index (χ4v) is 3.33. The number of imidazole rings is 1. The summed E-state index contributed by atoms with van der Waals surface area (Å²) in [6.07, 6.45) is 4.10. The lowest BCUT2D eigenvalue weighted by Crippen LogP contribution is -2.58. The number of aryl methyl sites for hydroxylation is 1. The molecule has 1 atom stereocenters. The molecule has 26 heavy (non-hydrogen) atoms. The minimum atomic E-state index is -0.523. The number of aromatic nitrogens is 2. The van der Waals surface area contributed by atoms with E-state index in [1.807, 2.05) is 60.0 Å². The molecule has 0 radical (unpaired) electrons. The summed E-state index contributed by atoms with van der Waals surface area (Å²) >= 11 is 0. The molecule has 1 aliphatic heterocycles. The number of nitrogens with one attached hydrogen (secondary N) is 1. The monoisotopic (exact) mass is 348 g/mol. The summed E-state index contributed by atoms with van der Waals surface area (Å²) in [7, 11) is 0. The lowest BCUT2D eigenvalue weighted by molar-refractivity contribution is -0.127. The van der Waals surface area contributed by atoms with Crippen LogP contribution in [0.1, 0.15) is 21.6 Å². The first-order valence-corrected chi connectivity index (χ1v) is 8.70. The summed E-state index contributed by atoms with van der Waals surface area (Å²) in [5.74, 6) is -0.324. The normalized spacial score (nSPS) is 17.3. The molecule has 0 aliphatic carbocycles. The van der Waals surface area contributed by atoms with Crippen LogP contribution in [0.2, 0.25) is 0 Å². The molecule has 3 aromatic rings. The maximum Gasteiger partial charge on any atom is 0.274 e. The zero-order valence-electron chi connectivity index (χ0n) is 14.6. The van der Waals surface area contributed by atoms with E-state index in [0.717, 1.165) is 16.8 Å². The molecule has 0 spiro atoms. The van der Waals surface area contributed by atoms with Crippen LogP contribution in [0.5, 0.6) is 0 Å². The van der Waals surface area contributed by atoms with Gasteiger partial charge in [0.1, 0.15) is 17.4 Å². The largest absolute Gasteiger partial charge is 0.353 e. The molecule has 0 saturated carbocycles. The molecule has 4 rings (SSSR count). The molecule has 1 N–H and O–H groups in total. The number of amides is 2. The van der Waals surface area contributed by atoms with Crippen molar-refractivity contribution in [2.45, 2.75) is 19.4 Å². The van der Waals surface area contributed by atoms with E-state index in [1.54, 1.807) is 11.1 Å². The molecular weight excluding hydrogens is 328 g/mol. The standard InChI is InChI=1S/C20H20N4O2/c1-14-7-9-23-13-16(22-18(23)11-14)20(26)24-10-8-21-19(25)17(24)12-15-5-3-2-4-6-15/h2-7,9,11,13,17H,8,10,12H2,1H3,(H,21,25)/t17-/m1/s1. The molecule has 3 heterocycles. The van der Waals surface area contributed by atoms with E-state index in [9.17, 15) is 9.59 Å². The van der Waals surface area contributed by atoms with Crippen LogP contribution < -0.4 is 5.32 Å². The van der Waals surface area contributed by atoms with Crippen LogP contribution in [0.3, 0.4) is 0 Å². The lowest BCUT2D eigenvalue weighted by atomic mass is 10.0. The van der Waals surface area contributed by atoms with Crippen LogP contribution >= 0.6 is 0 Å². The van der Waals surface area contributed by atoms with Gasteiger partial charge in [-0.1, -0.05) is 30.3 Å². The summed E-state index contributed by atoms with van der Waals surface area (Å²) in [4.78, 5) is 31.6. The van der Waals surface area contributed by atoms with Gasteiger partial charge in [-0.15, -0.1) is 0 Å². The summed E-state index contributed by atoms with van der Waals surface area (Å²) in [6, 6.07) is 13.1. The molecule has 6 heteroatoms. The highest BCUT2D eigenvalue weighted by molar-refractivity contribution is 5.97. The SMILES string of the molecule is Cc1ccn2cc(C(=O)N3CCNC(=O)[C@H]3Cc3ccccc3)nc2c1. The minimum Gasteiger partial charge on any atom is -0.353 e. The van der Waals surface area contributed by atoms with E-state index in [4.69, 9.17) is 0 Å². The van der Waals surface area contributed by atoms with Gasteiger partial charge in [0.25, 0.3) is 5.91 Å². The zero-order valence-corrected chi connectivity index (χ0v) is 14.6. The Balaban J connectivity index is 1.63. The number of pyridine rings is 1. The van der Waals surface area contributed by atoms with Crippen LogP contribution in [0, 0.1) is 6.92 Å². The van der Waals surface area contributed by atoms with Crippen molar-refractivity contribution in [1.29, 1.82) is 0 Å². The maximum atomic E-state index is 13.1. The minimum absolute atomic E-state index is 0.118. The van der Waals surface area contributed by atoms with E-state index in [1.165, 1.54) is 0 Å². The Hall–Kier alpha value is -3.15. The summed E-state index contributed by atoms with van der Waals surface area (Å²) in [5.41, 5.74) is 3.21. The predicted octanol–water partition coefficient (Wildman–Crippen LogP) is 1.83. The van der Waals surface area contributed by atoms with Crippen molar-refractivity contribution in [3.8, 4) is 0 Å². The van der Waals surface area contributed by atoms with Crippen molar-refractivity contribution in [3.63, 3.8) is 0 Å². The number of hydrogen-bond acceptors (Lipinski definition) is 3. The van der Waals surface area contributed by atoms with Gasteiger partial charge < -0.3 is 14.6 Å². The molecule has 0 bridgehead atoms. The van der Waals surface area contributed by atoms with Crippen molar-refractivity contribution in [2.75, 3.05) is 13.1 Å². The number of hydrogen-bond donors (Lipinski definition) is 1.